The molecule has 1 aliphatic carbocycles. The minimum Gasteiger partial charge on any atom is -0.409 e. The number of halogens is 2. The van der Waals surface area contributed by atoms with Gasteiger partial charge in [-0.25, -0.2) is 4.39 Å². The van der Waals surface area contributed by atoms with Crippen molar-refractivity contribution in [1.82, 2.24) is 0 Å². The van der Waals surface area contributed by atoms with Gasteiger partial charge in [0.25, 0.3) is 0 Å². The van der Waals surface area contributed by atoms with Gasteiger partial charge in [0, 0.05) is 6.42 Å². The van der Waals surface area contributed by atoms with Crippen molar-refractivity contribution in [1.29, 1.82) is 0 Å². The lowest BCUT2D eigenvalue weighted by Gasteiger charge is -2.28. The maximum atomic E-state index is 12.2. The van der Waals surface area contributed by atoms with E-state index in [4.69, 9.17) is 10.9 Å². The second kappa shape index (κ2) is 4.38. The molecule has 0 aromatic carbocycles. The first-order valence-corrected chi connectivity index (χ1v) is 3.33. The Balaban J connectivity index is 0.000001000. The molecule has 0 bridgehead atoms. The highest BCUT2D eigenvalue weighted by Gasteiger charge is 2.29. The summed E-state index contributed by atoms with van der Waals surface area (Å²) >= 11 is 0. The van der Waals surface area contributed by atoms with E-state index in [0.29, 0.717) is 25.2 Å². The van der Waals surface area contributed by atoms with Gasteiger partial charge in [-0.2, -0.15) is 0 Å². The molecule has 0 radical (unpaired) electrons. The summed E-state index contributed by atoms with van der Waals surface area (Å²) in [5.41, 5.74) is 5.21. The third-order valence-electron chi connectivity index (χ3n) is 1.80. The topological polar surface area (TPSA) is 58.6 Å². The van der Waals surface area contributed by atoms with Crippen molar-refractivity contribution < 1.29 is 9.60 Å². The Hall–Kier alpha value is -0.510. The van der Waals surface area contributed by atoms with E-state index in [-0.39, 0.29) is 18.2 Å². The molecule has 1 saturated carbocycles. The van der Waals surface area contributed by atoms with E-state index >= 15 is 0 Å². The molecule has 0 saturated heterocycles. The second-order valence-corrected chi connectivity index (χ2v) is 2.73. The summed E-state index contributed by atoms with van der Waals surface area (Å²) in [6.45, 7) is 0. The predicted molar refractivity (Wildman–Crippen MR) is 42.9 cm³/mol. The van der Waals surface area contributed by atoms with Crippen LogP contribution in [0.3, 0.4) is 0 Å². The number of nitrogens with two attached hydrogens (primary N) is 1. The monoisotopic (exact) mass is 182 g/mol. The lowest BCUT2D eigenvalue weighted by atomic mass is 9.81. The fraction of sp³-hybridized carbons (Fsp3) is 0.833. The quantitative estimate of drug-likeness (QED) is 0.293. The van der Waals surface area contributed by atoms with Crippen LogP contribution in [-0.2, 0) is 0 Å². The SMILES string of the molecule is Cl.N/C(CC1CC(F)C1)=N\O. The zero-order valence-electron chi connectivity index (χ0n) is 6.03. The Labute approximate surface area is 70.9 Å². The van der Waals surface area contributed by atoms with Crippen LogP contribution in [0.1, 0.15) is 19.3 Å². The van der Waals surface area contributed by atoms with E-state index in [2.05, 4.69) is 5.16 Å². The van der Waals surface area contributed by atoms with Crippen molar-refractivity contribution in [3.8, 4) is 0 Å². The molecule has 0 heterocycles. The Kier molecular flexibility index (Phi) is 4.18. The highest BCUT2D eigenvalue weighted by atomic mass is 35.5. The van der Waals surface area contributed by atoms with Gasteiger partial charge in [-0.05, 0) is 18.8 Å². The van der Waals surface area contributed by atoms with Gasteiger partial charge < -0.3 is 10.9 Å². The van der Waals surface area contributed by atoms with Crippen molar-refractivity contribution in [2.45, 2.75) is 25.4 Å². The molecule has 5 heteroatoms. The van der Waals surface area contributed by atoms with Gasteiger partial charge in [0.2, 0.25) is 0 Å². The average molecular weight is 183 g/mol. The van der Waals surface area contributed by atoms with Crippen molar-refractivity contribution >= 4 is 18.2 Å². The molecule has 0 amide bonds. The Bertz CT molecular complexity index is 148. The lowest BCUT2D eigenvalue weighted by molar-refractivity contribution is 0.135. The van der Waals surface area contributed by atoms with Gasteiger partial charge in [0.1, 0.15) is 12.0 Å². The molecule has 3 nitrogen and oxygen atoms in total. The number of rotatable bonds is 2. The van der Waals surface area contributed by atoms with Crippen LogP contribution in [0.25, 0.3) is 0 Å². The van der Waals surface area contributed by atoms with E-state index in [1.165, 1.54) is 0 Å². The predicted octanol–water partition coefficient (Wildman–Crippen LogP) is 1.29. The third-order valence-corrected chi connectivity index (χ3v) is 1.80. The highest BCUT2D eigenvalue weighted by Crippen LogP contribution is 2.32. The maximum Gasteiger partial charge on any atom is 0.139 e. The zero-order valence-corrected chi connectivity index (χ0v) is 6.85. The molecule has 0 aromatic rings. The smallest absolute Gasteiger partial charge is 0.139 e. The molecule has 0 aliphatic heterocycles. The van der Waals surface area contributed by atoms with Crippen LogP contribution in [0, 0.1) is 5.92 Å². The van der Waals surface area contributed by atoms with Crippen LogP contribution in [0.2, 0.25) is 0 Å². The summed E-state index contributed by atoms with van der Waals surface area (Å²) < 4.78 is 12.2. The maximum absolute atomic E-state index is 12.2. The molecule has 0 atom stereocenters. The molecule has 0 unspecified atom stereocenters. The van der Waals surface area contributed by atoms with Crippen LogP contribution in [0.5, 0.6) is 0 Å². The molecular weight excluding hydrogens is 171 g/mol. The van der Waals surface area contributed by atoms with E-state index in [0.717, 1.165) is 0 Å². The zero-order chi connectivity index (χ0) is 7.56. The second-order valence-electron chi connectivity index (χ2n) is 2.73. The normalized spacial score (nSPS) is 30.5. The van der Waals surface area contributed by atoms with Crippen molar-refractivity contribution in [2.75, 3.05) is 0 Å². The summed E-state index contributed by atoms with van der Waals surface area (Å²) in [6.07, 6.45) is 1.00. The van der Waals surface area contributed by atoms with E-state index in [1.807, 2.05) is 0 Å². The van der Waals surface area contributed by atoms with Gasteiger partial charge in [-0.3, -0.25) is 0 Å². The first-order chi connectivity index (χ1) is 4.72. The summed E-state index contributed by atoms with van der Waals surface area (Å²) in [7, 11) is 0. The molecule has 1 aliphatic rings. The highest BCUT2D eigenvalue weighted by molar-refractivity contribution is 5.85. The minimum atomic E-state index is -0.656. The number of alkyl halides is 1. The number of hydrogen-bond acceptors (Lipinski definition) is 2. The molecule has 0 aromatic heterocycles. The van der Waals surface area contributed by atoms with Crippen LogP contribution < -0.4 is 5.73 Å². The first kappa shape index (κ1) is 10.5. The van der Waals surface area contributed by atoms with E-state index in [1.54, 1.807) is 0 Å². The molecule has 1 rings (SSSR count). The molecule has 1 fully saturated rings. The van der Waals surface area contributed by atoms with Crippen LogP contribution >= 0.6 is 12.4 Å². The van der Waals surface area contributed by atoms with E-state index < -0.39 is 6.17 Å². The van der Waals surface area contributed by atoms with Crippen LogP contribution in [0.4, 0.5) is 4.39 Å². The van der Waals surface area contributed by atoms with Gasteiger partial charge in [0.15, 0.2) is 0 Å². The summed E-state index contributed by atoms with van der Waals surface area (Å²) in [6, 6.07) is 0. The minimum absolute atomic E-state index is 0. The standard InChI is InChI=1S/C6H11FN2O.ClH/c7-5-1-4(2-5)3-6(8)9-10;/h4-5,10H,1-3H2,(H2,8,9);1H. The number of amidine groups is 1. The molecule has 3 N–H and O–H groups in total. The van der Waals surface area contributed by atoms with Crippen molar-refractivity contribution in [3.05, 3.63) is 0 Å². The summed E-state index contributed by atoms with van der Waals surface area (Å²) in [5, 5.41) is 10.9. The Morgan fingerprint density at radius 3 is 2.55 bits per heavy atom. The van der Waals surface area contributed by atoms with Crippen LogP contribution in [-0.4, -0.2) is 17.2 Å². The Morgan fingerprint density at radius 2 is 2.18 bits per heavy atom. The number of nitrogens with zero attached hydrogens (tertiary/aromatic N) is 1. The summed E-state index contributed by atoms with van der Waals surface area (Å²) in [4.78, 5) is 0. The fourth-order valence-electron chi connectivity index (χ4n) is 1.16. The number of hydrogen-bond donors (Lipinski definition) is 2. The Morgan fingerprint density at radius 1 is 1.64 bits per heavy atom. The largest absolute Gasteiger partial charge is 0.409 e. The van der Waals surface area contributed by atoms with Crippen molar-refractivity contribution in [2.24, 2.45) is 16.8 Å². The lowest BCUT2D eigenvalue weighted by Crippen LogP contribution is -2.29. The van der Waals surface area contributed by atoms with Gasteiger partial charge in [0.05, 0.1) is 0 Å². The van der Waals surface area contributed by atoms with E-state index in [9.17, 15) is 4.39 Å². The molecule has 0 spiro atoms. The van der Waals surface area contributed by atoms with Gasteiger partial charge in [-0.15, -0.1) is 12.4 Å². The molecule has 66 valence electrons. The van der Waals surface area contributed by atoms with Gasteiger partial charge in [-0.1, -0.05) is 5.16 Å². The summed E-state index contributed by atoms with van der Waals surface area (Å²) in [5.74, 6) is 0.503. The van der Waals surface area contributed by atoms with Crippen molar-refractivity contribution in [3.63, 3.8) is 0 Å². The molecule has 11 heavy (non-hydrogen) atoms. The average Bonchev–Trinajstić information content (AvgIpc) is 1.84. The third kappa shape index (κ3) is 2.93. The first-order valence-electron chi connectivity index (χ1n) is 3.33. The molecular formula is C6H12ClFN2O. The van der Waals surface area contributed by atoms with Gasteiger partial charge >= 0.3 is 0 Å². The fourth-order valence-corrected chi connectivity index (χ4v) is 1.16. The van der Waals surface area contributed by atoms with Crippen LogP contribution in [0.15, 0.2) is 5.16 Å². The number of oxime groups is 1.